The van der Waals surface area contributed by atoms with E-state index in [1.807, 2.05) is 12.1 Å². The molecule has 0 atom stereocenters. The minimum Gasteiger partial charge on any atom is -0.380 e. The summed E-state index contributed by atoms with van der Waals surface area (Å²) in [6.45, 7) is 2.81. The first-order valence-corrected chi connectivity index (χ1v) is 3.38. The van der Waals surface area contributed by atoms with Crippen LogP contribution in [0.4, 0.5) is 0 Å². The minimum atomic E-state index is 0. The molecule has 0 aliphatic rings. The van der Waals surface area contributed by atoms with Crippen LogP contribution in [0.3, 0.4) is 0 Å². The van der Waals surface area contributed by atoms with Crippen molar-refractivity contribution in [3.8, 4) is 0 Å². The van der Waals surface area contributed by atoms with Gasteiger partial charge in [-0.15, -0.1) is 0 Å². The summed E-state index contributed by atoms with van der Waals surface area (Å²) >= 11 is 0. The maximum absolute atomic E-state index is 5.01. The fourth-order valence-corrected chi connectivity index (χ4v) is 0.928. The molecule has 0 saturated carbocycles. The van der Waals surface area contributed by atoms with Crippen molar-refractivity contribution >= 4 is 18.9 Å². The Morgan fingerprint density at radius 1 is 1.27 bits per heavy atom. The summed E-state index contributed by atoms with van der Waals surface area (Å²) in [5.41, 5.74) is 2.56. The first-order chi connectivity index (χ1) is 4.84. The molecule has 55 valence electrons. The molecule has 0 N–H and O–H groups in total. The molecule has 1 nitrogen and oxygen atoms in total. The Morgan fingerprint density at radius 2 is 1.91 bits per heavy atom. The van der Waals surface area contributed by atoms with Crippen molar-refractivity contribution in [2.75, 3.05) is 7.11 Å². The van der Waals surface area contributed by atoms with Crippen LogP contribution in [0.1, 0.15) is 11.1 Å². The monoisotopic (exact) mass is 143 g/mol. The van der Waals surface area contributed by atoms with E-state index in [-0.39, 0.29) is 18.9 Å². The van der Waals surface area contributed by atoms with E-state index in [4.69, 9.17) is 4.74 Å². The van der Waals surface area contributed by atoms with Crippen LogP contribution in [0.2, 0.25) is 0 Å². The smallest absolute Gasteiger partial charge is 0.0715 e. The molecule has 1 radical (unpaired) electrons. The topological polar surface area (TPSA) is 9.23 Å². The van der Waals surface area contributed by atoms with Gasteiger partial charge in [-0.3, -0.25) is 0 Å². The molecule has 0 fully saturated rings. The Hall–Kier alpha value is -0.223. The van der Waals surface area contributed by atoms with Gasteiger partial charge in [0.05, 0.1) is 6.61 Å². The number of benzene rings is 1. The molecule has 0 aliphatic heterocycles. The van der Waals surface area contributed by atoms with Crippen LogP contribution < -0.4 is 0 Å². The summed E-state index contributed by atoms with van der Waals surface area (Å²) in [4.78, 5) is 0. The van der Waals surface area contributed by atoms with E-state index in [9.17, 15) is 0 Å². The third-order valence-electron chi connectivity index (χ3n) is 1.56. The second-order valence-corrected chi connectivity index (χ2v) is 2.36. The molecule has 11 heavy (non-hydrogen) atoms. The van der Waals surface area contributed by atoms with Gasteiger partial charge in [-0.2, -0.15) is 0 Å². The molecule has 0 aliphatic carbocycles. The summed E-state index contributed by atoms with van der Waals surface area (Å²) in [6, 6.07) is 8.24. The molecule has 1 aromatic carbocycles. The van der Waals surface area contributed by atoms with E-state index in [2.05, 4.69) is 19.1 Å². The van der Waals surface area contributed by atoms with Gasteiger partial charge in [-0.05, 0) is 18.1 Å². The average molecular weight is 143 g/mol. The second kappa shape index (κ2) is 5.43. The molecule has 1 rings (SSSR count). The van der Waals surface area contributed by atoms with Gasteiger partial charge in [0.15, 0.2) is 0 Å². The summed E-state index contributed by atoms with van der Waals surface area (Å²) in [6.07, 6.45) is 0. The molecule has 0 amide bonds. The summed E-state index contributed by atoms with van der Waals surface area (Å²) in [5, 5.41) is 0. The van der Waals surface area contributed by atoms with Gasteiger partial charge in [0.2, 0.25) is 0 Å². The Bertz CT molecular complexity index is 210. The van der Waals surface area contributed by atoms with Crippen LogP contribution in [0.5, 0.6) is 0 Å². The van der Waals surface area contributed by atoms with Crippen molar-refractivity contribution in [1.82, 2.24) is 0 Å². The second-order valence-electron chi connectivity index (χ2n) is 2.36. The van der Waals surface area contributed by atoms with Gasteiger partial charge in [-0.1, -0.05) is 24.3 Å². The standard InChI is InChI=1S/C9H12O.Li/c1-8-5-3-4-6-9(8)7-10-2;/h3-6H,7H2,1-2H3;. The Labute approximate surface area is 79.9 Å². The summed E-state index contributed by atoms with van der Waals surface area (Å²) < 4.78 is 5.01. The zero-order chi connectivity index (χ0) is 7.40. The van der Waals surface area contributed by atoms with Crippen molar-refractivity contribution in [1.29, 1.82) is 0 Å². The van der Waals surface area contributed by atoms with Gasteiger partial charge in [0, 0.05) is 26.0 Å². The van der Waals surface area contributed by atoms with E-state index < -0.39 is 0 Å². The maximum atomic E-state index is 5.01. The molecule has 1 aromatic rings. The van der Waals surface area contributed by atoms with E-state index in [1.165, 1.54) is 11.1 Å². The number of rotatable bonds is 2. The van der Waals surface area contributed by atoms with Gasteiger partial charge in [0.25, 0.3) is 0 Å². The van der Waals surface area contributed by atoms with Crippen molar-refractivity contribution in [3.63, 3.8) is 0 Å². The van der Waals surface area contributed by atoms with Gasteiger partial charge >= 0.3 is 0 Å². The van der Waals surface area contributed by atoms with Crippen LogP contribution >= 0.6 is 0 Å². The first-order valence-electron chi connectivity index (χ1n) is 3.38. The number of methoxy groups -OCH3 is 1. The number of hydrogen-bond donors (Lipinski definition) is 0. The zero-order valence-corrected chi connectivity index (χ0v) is 7.42. The predicted octanol–water partition coefficient (Wildman–Crippen LogP) is 1.76. The summed E-state index contributed by atoms with van der Waals surface area (Å²) in [5.74, 6) is 0. The van der Waals surface area contributed by atoms with Gasteiger partial charge in [0.1, 0.15) is 0 Å². The van der Waals surface area contributed by atoms with Crippen LogP contribution in [-0.2, 0) is 11.3 Å². The van der Waals surface area contributed by atoms with E-state index >= 15 is 0 Å². The van der Waals surface area contributed by atoms with Crippen molar-refractivity contribution in [2.45, 2.75) is 13.5 Å². The molecule has 2 heteroatoms. The van der Waals surface area contributed by atoms with Crippen molar-refractivity contribution < 1.29 is 4.74 Å². The van der Waals surface area contributed by atoms with E-state index in [0.29, 0.717) is 6.61 Å². The third kappa shape index (κ3) is 3.12. The number of hydrogen-bond acceptors (Lipinski definition) is 1. The number of ether oxygens (including phenoxy) is 1. The molecule has 0 saturated heterocycles. The quantitative estimate of drug-likeness (QED) is 0.573. The van der Waals surface area contributed by atoms with Crippen LogP contribution in [-0.4, -0.2) is 26.0 Å². The van der Waals surface area contributed by atoms with Gasteiger partial charge < -0.3 is 4.74 Å². The van der Waals surface area contributed by atoms with E-state index in [1.54, 1.807) is 7.11 Å². The molecule has 0 heterocycles. The Balaban J connectivity index is 0.000001000. The fourth-order valence-electron chi connectivity index (χ4n) is 0.928. The zero-order valence-electron chi connectivity index (χ0n) is 7.42. The fraction of sp³-hybridized carbons (Fsp3) is 0.333. The third-order valence-corrected chi connectivity index (χ3v) is 1.56. The largest absolute Gasteiger partial charge is 0.380 e. The number of aryl methyl sites for hydroxylation is 1. The molecule has 0 spiro atoms. The molecular weight excluding hydrogens is 131 g/mol. The summed E-state index contributed by atoms with van der Waals surface area (Å²) in [7, 11) is 1.71. The molecule has 0 aromatic heterocycles. The maximum Gasteiger partial charge on any atom is 0.0715 e. The molecular formula is C9H12LiO. The van der Waals surface area contributed by atoms with Crippen LogP contribution in [0.25, 0.3) is 0 Å². The van der Waals surface area contributed by atoms with Crippen molar-refractivity contribution in [3.05, 3.63) is 35.4 Å². The van der Waals surface area contributed by atoms with Crippen LogP contribution in [0, 0.1) is 6.92 Å². The normalized spacial score (nSPS) is 8.91. The van der Waals surface area contributed by atoms with Crippen molar-refractivity contribution in [2.24, 2.45) is 0 Å². The van der Waals surface area contributed by atoms with E-state index in [0.717, 1.165) is 0 Å². The molecule has 0 unspecified atom stereocenters. The average Bonchev–Trinajstić information content (AvgIpc) is 1.94. The predicted molar refractivity (Wildman–Crippen MR) is 47.6 cm³/mol. The van der Waals surface area contributed by atoms with Gasteiger partial charge in [-0.25, -0.2) is 0 Å². The first kappa shape index (κ1) is 10.8. The minimum absolute atomic E-state index is 0. The Morgan fingerprint density at radius 3 is 2.45 bits per heavy atom. The SMILES string of the molecule is COCc1ccccc1C.[Li]. The Kier molecular flexibility index (Phi) is 5.32. The van der Waals surface area contributed by atoms with Crippen LogP contribution in [0.15, 0.2) is 24.3 Å². The molecule has 0 bridgehead atoms.